The molecule has 2 aromatic heterocycles. The van der Waals surface area contributed by atoms with Crippen LogP contribution in [0.3, 0.4) is 0 Å². The molecule has 1 aliphatic rings. The van der Waals surface area contributed by atoms with Gasteiger partial charge in [0.2, 0.25) is 5.91 Å². The number of anilines is 1. The average molecular weight is 300 g/mol. The molecule has 118 valence electrons. The summed E-state index contributed by atoms with van der Waals surface area (Å²) in [4.78, 5) is 12.4. The van der Waals surface area contributed by atoms with E-state index in [-0.39, 0.29) is 11.8 Å². The van der Waals surface area contributed by atoms with Gasteiger partial charge in [-0.2, -0.15) is 0 Å². The van der Waals surface area contributed by atoms with E-state index in [1.54, 1.807) is 6.33 Å². The number of hydrogen-bond acceptors (Lipinski definition) is 3. The molecular formula is C17H24N4O. The quantitative estimate of drug-likeness (QED) is 0.916. The maximum Gasteiger partial charge on any atom is 0.227 e. The Morgan fingerprint density at radius 1 is 1.32 bits per heavy atom. The number of nitrogens with one attached hydrogen (secondary N) is 1. The van der Waals surface area contributed by atoms with Crippen LogP contribution in [0.1, 0.15) is 51.9 Å². The summed E-state index contributed by atoms with van der Waals surface area (Å²) in [6.45, 7) is 2.24. The lowest BCUT2D eigenvalue weighted by Gasteiger charge is -2.27. The number of aromatic nitrogens is 3. The Labute approximate surface area is 131 Å². The third-order valence-corrected chi connectivity index (χ3v) is 4.74. The predicted molar refractivity (Wildman–Crippen MR) is 86.6 cm³/mol. The molecule has 0 unspecified atom stereocenters. The van der Waals surface area contributed by atoms with Crippen molar-refractivity contribution in [2.75, 3.05) is 5.32 Å². The predicted octanol–water partition coefficient (Wildman–Crippen LogP) is 3.66. The highest BCUT2D eigenvalue weighted by molar-refractivity contribution is 5.92. The van der Waals surface area contributed by atoms with Crippen LogP contribution in [0.2, 0.25) is 0 Å². The minimum atomic E-state index is 0.154. The fourth-order valence-electron chi connectivity index (χ4n) is 3.35. The maximum atomic E-state index is 12.4. The van der Waals surface area contributed by atoms with E-state index in [9.17, 15) is 4.79 Å². The van der Waals surface area contributed by atoms with Gasteiger partial charge in [-0.15, -0.1) is 10.2 Å². The Kier molecular flexibility index (Phi) is 4.71. The Morgan fingerprint density at radius 2 is 2.14 bits per heavy atom. The molecule has 0 aliphatic heterocycles. The van der Waals surface area contributed by atoms with E-state index in [1.165, 1.54) is 32.1 Å². The molecule has 1 saturated carbocycles. The van der Waals surface area contributed by atoms with E-state index in [0.717, 1.165) is 30.1 Å². The van der Waals surface area contributed by atoms with Gasteiger partial charge in [-0.05, 0) is 43.7 Å². The number of nitrogens with zero attached hydrogens (tertiary/aromatic N) is 3. The Hall–Kier alpha value is -1.91. The van der Waals surface area contributed by atoms with Gasteiger partial charge in [0.1, 0.15) is 6.33 Å². The number of pyridine rings is 1. The van der Waals surface area contributed by atoms with E-state index in [0.29, 0.717) is 0 Å². The first kappa shape index (κ1) is 15.0. The SMILES string of the molecule is CCCCC1CCC(C(=O)Nc2ccc3nncn3c2)CC1. The Balaban J connectivity index is 1.54. The molecule has 0 atom stereocenters. The summed E-state index contributed by atoms with van der Waals surface area (Å²) >= 11 is 0. The van der Waals surface area contributed by atoms with Crippen molar-refractivity contribution in [2.24, 2.45) is 11.8 Å². The third kappa shape index (κ3) is 3.46. The van der Waals surface area contributed by atoms with Gasteiger partial charge in [-0.25, -0.2) is 0 Å². The zero-order chi connectivity index (χ0) is 15.4. The van der Waals surface area contributed by atoms with Crippen LogP contribution in [0.4, 0.5) is 5.69 Å². The van der Waals surface area contributed by atoms with Gasteiger partial charge in [0.05, 0.1) is 5.69 Å². The number of carbonyl (C=O) groups excluding carboxylic acids is 1. The number of carbonyl (C=O) groups is 1. The molecule has 0 spiro atoms. The van der Waals surface area contributed by atoms with Gasteiger partial charge in [-0.3, -0.25) is 9.20 Å². The van der Waals surface area contributed by atoms with Gasteiger partial charge >= 0.3 is 0 Å². The third-order valence-electron chi connectivity index (χ3n) is 4.74. The van der Waals surface area contributed by atoms with E-state index in [4.69, 9.17) is 0 Å². The molecule has 0 aromatic carbocycles. The number of rotatable bonds is 5. The first-order valence-electron chi connectivity index (χ1n) is 8.36. The molecule has 2 aromatic rings. The number of hydrogen-bond donors (Lipinski definition) is 1. The fraction of sp³-hybridized carbons (Fsp3) is 0.588. The molecule has 5 nitrogen and oxygen atoms in total. The molecular weight excluding hydrogens is 276 g/mol. The maximum absolute atomic E-state index is 12.4. The van der Waals surface area contributed by atoms with Crippen LogP contribution >= 0.6 is 0 Å². The van der Waals surface area contributed by atoms with Gasteiger partial charge in [0, 0.05) is 12.1 Å². The van der Waals surface area contributed by atoms with Crippen molar-refractivity contribution < 1.29 is 4.79 Å². The van der Waals surface area contributed by atoms with Crippen LogP contribution in [0.15, 0.2) is 24.7 Å². The molecule has 5 heteroatoms. The van der Waals surface area contributed by atoms with Crippen LogP contribution in [-0.4, -0.2) is 20.5 Å². The van der Waals surface area contributed by atoms with Crippen LogP contribution in [0.25, 0.3) is 5.65 Å². The number of amides is 1. The van der Waals surface area contributed by atoms with Crippen LogP contribution in [0, 0.1) is 11.8 Å². The van der Waals surface area contributed by atoms with E-state index < -0.39 is 0 Å². The van der Waals surface area contributed by atoms with Gasteiger partial charge in [0.25, 0.3) is 0 Å². The normalized spacial score (nSPS) is 21.9. The number of unbranched alkanes of at least 4 members (excludes halogenated alkanes) is 1. The van der Waals surface area contributed by atoms with Crippen LogP contribution in [-0.2, 0) is 4.79 Å². The molecule has 2 heterocycles. The molecule has 0 radical (unpaired) electrons. The summed E-state index contributed by atoms with van der Waals surface area (Å²) in [6.07, 6.45) is 11.9. The molecule has 0 bridgehead atoms. The molecule has 0 saturated heterocycles. The van der Waals surface area contributed by atoms with Crippen molar-refractivity contribution in [2.45, 2.75) is 51.9 Å². The summed E-state index contributed by atoms with van der Waals surface area (Å²) in [5, 5.41) is 10.8. The zero-order valence-corrected chi connectivity index (χ0v) is 13.2. The standard InChI is InChI=1S/C17H24N4O/c1-2-3-4-13-5-7-14(8-6-13)17(22)19-15-9-10-16-20-18-12-21(16)11-15/h9-14H,2-8H2,1H3,(H,19,22). The van der Waals surface area contributed by atoms with E-state index in [1.807, 2.05) is 22.7 Å². The molecule has 22 heavy (non-hydrogen) atoms. The summed E-state index contributed by atoms with van der Waals surface area (Å²) in [7, 11) is 0. The van der Waals surface area contributed by atoms with Crippen molar-refractivity contribution in [1.82, 2.24) is 14.6 Å². The minimum absolute atomic E-state index is 0.154. The topological polar surface area (TPSA) is 59.3 Å². The first-order chi connectivity index (χ1) is 10.8. The molecule has 1 fully saturated rings. The molecule has 1 aliphatic carbocycles. The van der Waals surface area contributed by atoms with Crippen molar-refractivity contribution in [3.8, 4) is 0 Å². The van der Waals surface area contributed by atoms with Gasteiger partial charge in [0.15, 0.2) is 5.65 Å². The lowest BCUT2D eigenvalue weighted by Crippen LogP contribution is -2.27. The van der Waals surface area contributed by atoms with Gasteiger partial charge < -0.3 is 5.32 Å². The fourth-order valence-corrected chi connectivity index (χ4v) is 3.35. The summed E-state index contributed by atoms with van der Waals surface area (Å²) in [5.74, 6) is 1.15. The van der Waals surface area contributed by atoms with Crippen molar-refractivity contribution in [3.05, 3.63) is 24.7 Å². The average Bonchev–Trinajstić information content (AvgIpc) is 3.01. The largest absolute Gasteiger partial charge is 0.325 e. The second-order valence-electron chi connectivity index (χ2n) is 6.36. The Bertz CT molecular complexity index is 628. The second kappa shape index (κ2) is 6.90. The minimum Gasteiger partial charge on any atom is -0.325 e. The van der Waals surface area contributed by atoms with Crippen LogP contribution in [0.5, 0.6) is 0 Å². The number of fused-ring (bicyclic) bond motifs is 1. The highest BCUT2D eigenvalue weighted by atomic mass is 16.1. The van der Waals surface area contributed by atoms with E-state index in [2.05, 4.69) is 22.4 Å². The second-order valence-corrected chi connectivity index (χ2v) is 6.36. The van der Waals surface area contributed by atoms with Gasteiger partial charge in [-0.1, -0.05) is 26.2 Å². The molecule has 3 rings (SSSR count). The van der Waals surface area contributed by atoms with Crippen LogP contribution < -0.4 is 5.32 Å². The van der Waals surface area contributed by atoms with E-state index >= 15 is 0 Å². The summed E-state index contributed by atoms with van der Waals surface area (Å²) in [5.41, 5.74) is 1.60. The van der Waals surface area contributed by atoms with Crippen molar-refractivity contribution in [3.63, 3.8) is 0 Å². The van der Waals surface area contributed by atoms with Crippen molar-refractivity contribution in [1.29, 1.82) is 0 Å². The monoisotopic (exact) mass is 300 g/mol. The molecule has 1 N–H and O–H groups in total. The summed E-state index contributed by atoms with van der Waals surface area (Å²) in [6, 6.07) is 3.75. The zero-order valence-electron chi connectivity index (χ0n) is 13.2. The highest BCUT2D eigenvalue weighted by Gasteiger charge is 2.26. The Morgan fingerprint density at radius 3 is 2.91 bits per heavy atom. The smallest absolute Gasteiger partial charge is 0.227 e. The summed E-state index contributed by atoms with van der Waals surface area (Å²) < 4.78 is 1.82. The molecule has 1 amide bonds. The lowest BCUT2D eigenvalue weighted by atomic mass is 9.79. The highest BCUT2D eigenvalue weighted by Crippen LogP contribution is 2.32. The van der Waals surface area contributed by atoms with Crippen molar-refractivity contribution >= 4 is 17.2 Å². The lowest BCUT2D eigenvalue weighted by molar-refractivity contribution is -0.121. The first-order valence-corrected chi connectivity index (χ1v) is 8.36.